The summed E-state index contributed by atoms with van der Waals surface area (Å²) in [4.78, 5) is 17.6. The number of piperidine rings is 1. The Bertz CT molecular complexity index is 507. The van der Waals surface area contributed by atoms with Crippen molar-refractivity contribution >= 4 is 5.78 Å². The first-order chi connectivity index (χ1) is 9.76. The highest BCUT2D eigenvalue weighted by Crippen LogP contribution is 2.54. The Kier molecular flexibility index (Phi) is 4.21. The molecule has 21 heavy (non-hydrogen) atoms. The van der Waals surface area contributed by atoms with Crippen LogP contribution < -0.4 is 0 Å². The Morgan fingerprint density at radius 3 is 2.71 bits per heavy atom. The Balaban J connectivity index is 2.41. The van der Waals surface area contributed by atoms with Crippen LogP contribution in [0.3, 0.4) is 0 Å². The molecule has 2 atom stereocenters. The second kappa shape index (κ2) is 5.49. The van der Waals surface area contributed by atoms with E-state index in [1.807, 2.05) is 20.8 Å². The van der Waals surface area contributed by atoms with Crippen molar-refractivity contribution in [2.75, 3.05) is 19.6 Å². The van der Waals surface area contributed by atoms with Gasteiger partial charge in [0.05, 0.1) is 13.1 Å². The van der Waals surface area contributed by atoms with E-state index in [4.69, 9.17) is 6.57 Å². The molecule has 1 heterocycles. The highest BCUT2D eigenvalue weighted by molar-refractivity contribution is 6.02. The second-order valence-electron chi connectivity index (χ2n) is 6.75. The molecule has 0 aromatic carbocycles. The van der Waals surface area contributed by atoms with Crippen LogP contribution in [0.5, 0.6) is 0 Å². The molecule has 0 aromatic heterocycles. The molecule has 0 unspecified atom stereocenters. The standard InChI is InChI=1S/C16H22F2N2O/c1-5-16-8-11(19-4)14(21)15(2,3)12(16)6-7-20(10-16)9-13(17)18/h8,12-13H,5-7,9-10H2,1-3H3/t12-,16+/m1/s1. The lowest BCUT2D eigenvalue weighted by molar-refractivity contribution is -0.133. The number of Topliss-reactive ketones (excluding diaryl/α,β-unsaturated/α-hetero) is 1. The Morgan fingerprint density at radius 2 is 2.19 bits per heavy atom. The fourth-order valence-corrected chi connectivity index (χ4v) is 4.15. The molecule has 0 radical (unpaired) electrons. The van der Waals surface area contributed by atoms with Gasteiger partial charge in [-0.15, -0.1) is 0 Å². The van der Waals surface area contributed by atoms with Crippen LogP contribution in [0, 0.1) is 23.3 Å². The van der Waals surface area contributed by atoms with Crippen molar-refractivity contribution in [3.63, 3.8) is 0 Å². The average molecular weight is 296 g/mol. The van der Waals surface area contributed by atoms with E-state index in [1.165, 1.54) is 0 Å². The van der Waals surface area contributed by atoms with Crippen LogP contribution in [0.2, 0.25) is 0 Å². The minimum absolute atomic E-state index is 0.103. The smallest absolute Gasteiger partial charge is 0.251 e. The molecule has 5 heteroatoms. The van der Waals surface area contributed by atoms with Crippen LogP contribution in [-0.4, -0.2) is 36.7 Å². The van der Waals surface area contributed by atoms with Gasteiger partial charge >= 0.3 is 0 Å². The lowest BCUT2D eigenvalue weighted by Crippen LogP contribution is -2.57. The summed E-state index contributed by atoms with van der Waals surface area (Å²) in [5, 5.41) is 0. The molecule has 0 bridgehead atoms. The first-order valence-corrected chi connectivity index (χ1v) is 7.42. The number of fused-ring (bicyclic) bond motifs is 1. The van der Waals surface area contributed by atoms with Gasteiger partial charge in [0.2, 0.25) is 5.70 Å². The third-order valence-electron chi connectivity index (χ3n) is 5.23. The van der Waals surface area contributed by atoms with Gasteiger partial charge in [-0.3, -0.25) is 4.90 Å². The maximum atomic E-state index is 12.7. The van der Waals surface area contributed by atoms with Crippen LogP contribution >= 0.6 is 0 Å². The molecule has 2 aliphatic rings. The summed E-state index contributed by atoms with van der Waals surface area (Å²) < 4.78 is 25.3. The lowest BCUT2D eigenvalue weighted by atomic mass is 9.54. The molecule has 1 fully saturated rings. The fourth-order valence-electron chi connectivity index (χ4n) is 4.15. The molecule has 0 N–H and O–H groups in total. The van der Waals surface area contributed by atoms with E-state index in [2.05, 4.69) is 4.85 Å². The van der Waals surface area contributed by atoms with Gasteiger partial charge in [-0.1, -0.05) is 26.8 Å². The number of rotatable bonds is 3. The Labute approximate surface area is 124 Å². The zero-order valence-corrected chi connectivity index (χ0v) is 12.8. The summed E-state index contributed by atoms with van der Waals surface area (Å²) in [5.74, 6) is 0.0100. The summed E-state index contributed by atoms with van der Waals surface area (Å²) in [6.07, 6.45) is 0.905. The van der Waals surface area contributed by atoms with Gasteiger partial charge in [0.15, 0.2) is 5.78 Å². The van der Waals surface area contributed by atoms with Crippen molar-refractivity contribution in [2.45, 2.75) is 40.0 Å². The van der Waals surface area contributed by atoms with E-state index in [0.717, 1.165) is 12.8 Å². The SMILES string of the molecule is [C-]#[N+]C1=C[C@@]2(CC)CN(CC(F)F)CC[C@@H]2C(C)(C)C1=O. The van der Waals surface area contributed by atoms with E-state index in [-0.39, 0.29) is 29.4 Å². The van der Waals surface area contributed by atoms with E-state index in [9.17, 15) is 13.6 Å². The zero-order chi connectivity index (χ0) is 15.8. The van der Waals surface area contributed by atoms with E-state index < -0.39 is 11.8 Å². The molecule has 2 rings (SSSR count). The average Bonchev–Trinajstić information content (AvgIpc) is 2.42. The first-order valence-electron chi connectivity index (χ1n) is 7.42. The number of carbonyl (C=O) groups excluding carboxylic acids is 1. The predicted molar refractivity (Wildman–Crippen MR) is 76.7 cm³/mol. The maximum absolute atomic E-state index is 12.7. The van der Waals surface area contributed by atoms with Gasteiger partial charge < -0.3 is 4.79 Å². The van der Waals surface area contributed by atoms with Crippen LogP contribution in [0.4, 0.5) is 8.78 Å². The second-order valence-corrected chi connectivity index (χ2v) is 6.75. The number of alkyl halides is 2. The zero-order valence-electron chi connectivity index (χ0n) is 12.8. The van der Waals surface area contributed by atoms with E-state index >= 15 is 0 Å². The van der Waals surface area contributed by atoms with Gasteiger partial charge in [-0.25, -0.2) is 13.6 Å². The van der Waals surface area contributed by atoms with Crippen molar-refractivity contribution in [3.8, 4) is 0 Å². The molecular weight excluding hydrogens is 274 g/mol. The van der Waals surface area contributed by atoms with Gasteiger partial charge in [-0.05, 0) is 30.7 Å². The van der Waals surface area contributed by atoms with Gasteiger partial charge in [0.1, 0.15) is 0 Å². The highest BCUT2D eigenvalue weighted by Gasteiger charge is 2.54. The van der Waals surface area contributed by atoms with Gasteiger partial charge in [-0.2, -0.15) is 0 Å². The van der Waals surface area contributed by atoms with Crippen molar-refractivity contribution in [3.05, 3.63) is 23.2 Å². The normalized spacial score (nSPS) is 32.5. The van der Waals surface area contributed by atoms with E-state index in [1.54, 1.807) is 11.0 Å². The van der Waals surface area contributed by atoms with Crippen molar-refractivity contribution in [1.82, 2.24) is 4.90 Å². The van der Waals surface area contributed by atoms with Gasteiger partial charge in [0, 0.05) is 12.0 Å². The molecule has 1 aliphatic heterocycles. The molecular formula is C16H22F2N2O. The number of carbonyl (C=O) groups is 1. The number of nitrogens with zero attached hydrogens (tertiary/aromatic N) is 2. The van der Waals surface area contributed by atoms with E-state index in [0.29, 0.717) is 13.1 Å². The first kappa shape index (κ1) is 16.1. The summed E-state index contributed by atoms with van der Waals surface area (Å²) >= 11 is 0. The summed E-state index contributed by atoms with van der Waals surface area (Å²) in [6, 6.07) is 0. The molecule has 0 saturated carbocycles. The number of halogens is 2. The Morgan fingerprint density at radius 1 is 1.52 bits per heavy atom. The number of hydrogen-bond donors (Lipinski definition) is 0. The quantitative estimate of drug-likeness (QED) is 0.746. The third-order valence-corrected chi connectivity index (χ3v) is 5.23. The lowest BCUT2D eigenvalue weighted by Gasteiger charge is -2.54. The summed E-state index contributed by atoms with van der Waals surface area (Å²) in [6.45, 7) is 13.9. The van der Waals surface area contributed by atoms with Gasteiger partial charge in [0.25, 0.3) is 6.43 Å². The van der Waals surface area contributed by atoms with Crippen molar-refractivity contribution < 1.29 is 13.6 Å². The summed E-state index contributed by atoms with van der Waals surface area (Å²) in [5.41, 5.74) is -0.761. The monoisotopic (exact) mass is 296 g/mol. The molecule has 0 amide bonds. The van der Waals surface area contributed by atoms with Crippen molar-refractivity contribution in [1.29, 1.82) is 0 Å². The van der Waals surface area contributed by atoms with Crippen LogP contribution in [0.15, 0.2) is 11.8 Å². The van der Waals surface area contributed by atoms with Crippen LogP contribution in [0.1, 0.15) is 33.6 Å². The number of likely N-dealkylation sites (tertiary alicyclic amines) is 1. The highest BCUT2D eigenvalue weighted by atomic mass is 19.3. The number of ketones is 1. The Hall–Kier alpha value is -1.28. The van der Waals surface area contributed by atoms with Crippen molar-refractivity contribution in [2.24, 2.45) is 16.7 Å². The predicted octanol–water partition coefficient (Wildman–Crippen LogP) is 3.38. The van der Waals surface area contributed by atoms with Crippen LogP contribution in [0.25, 0.3) is 4.85 Å². The maximum Gasteiger partial charge on any atom is 0.251 e. The topological polar surface area (TPSA) is 24.7 Å². The third kappa shape index (κ3) is 2.62. The molecule has 1 aliphatic carbocycles. The fraction of sp³-hybridized carbons (Fsp3) is 0.750. The number of allylic oxidation sites excluding steroid dienone is 1. The van der Waals surface area contributed by atoms with Crippen LogP contribution in [-0.2, 0) is 4.79 Å². The molecule has 1 saturated heterocycles. The molecule has 3 nitrogen and oxygen atoms in total. The molecule has 0 spiro atoms. The summed E-state index contributed by atoms with van der Waals surface area (Å²) in [7, 11) is 0. The largest absolute Gasteiger partial charge is 0.307 e. The number of hydrogen-bond acceptors (Lipinski definition) is 2. The molecule has 116 valence electrons. The molecule has 0 aromatic rings. The minimum Gasteiger partial charge on any atom is -0.307 e. The minimum atomic E-state index is -2.35.